The summed E-state index contributed by atoms with van der Waals surface area (Å²) in [5.74, 6) is 0.448. The van der Waals surface area contributed by atoms with E-state index in [2.05, 4.69) is 21.2 Å². The molecule has 0 radical (unpaired) electrons. The van der Waals surface area contributed by atoms with E-state index in [-0.39, 0.29) is 30.9 Å². The predicted molar refractivity (Wildman–Crippen MR) is 119 cm³/mol. The maximum Gasteiger partial charge on any atom is 0.0595 e. The predicted octanol–water partition coefficient (Wildman–Crippen LogP) is 3.67. The topological polar surface area (TPSA) is 38.7 Å². The van der Waals surface area contributed by atoms with E-state index in [1.807, 2.05) is 19.2 Å². The summed E-state index contributed by atoms with van der Waals surface area (Å²) in [6, 6.07) is 6.67. The van der Waals surface area contributed by atoms with Gasteiger partial charge < -0.3 is 15.3 Å². The van der Waals surface area contributed by atoms with Gasteiger partial charge in [-0.1, -0.05) is 29.3 Å². The summed E-state index contributed by atoms with van der Waals surface area (Å²) in [4.78, 5) is 5.09. The van der Waals surface area contributed by atoms with Crippen LogP contribution in [0.4, 0.5) is 0 Å². The number of benzene rings is 1. The van der Waals surface area contributed by atoms with Crippen LogP contribution in [0.2, 0.25) is 10.0 Å². The number of halogens is 4. The van der Waals surface area contributed by atoms with Crippen molar-refractivity contribution in [3.63, 3.8) is 0 Å². The van der Waals surface area contributed by atoms with Crippen LogP contribution in [0, 0.1) is 0 Å². The maximum absolute atomic E-state index is 9.63. The summed E-state index contributed by atoms with van der Waals surface area (Å²) in [5.41, 5.74) is 1.26. The second-order valence-electron chi connectivity index (χ2n) is 7.40. The van der Waals surface area contributed by atoms with Gasteiger partial charge in [0.2, 0.25) is 0 Å². The van der Waals surface area contributed by atoms with Crippen molar-refractivity contribution < 1.29 is 5.11 Å². The summed E-state index contributed by atoms with van der Waals surface area (Å²) in [6.07, 6.45) is 2.89. The van der Waals surface area contributed by atoms with E-state index >= 15 is 0 Å². The summed E-state index contributed by atoms with van der Waals surface area (Å²) < 4.78 is 0. The Morgan fingerprint density at radius 3 is 2.41 bits per heavy atom. The number of aliphatic hydroxyl groups excluding tert-OH is 1. The number of rotatable bonds is 7. The van der Waals surface area contributed by atoms with E-state index in [0.29, 0.717) is 22.0 Å². The Labute approximate surface area is 185 Å². The lowest BCUT2D eigenvalue weighted by Gasteiger charge is -2.47. The van der Waals surface area contributed by atoms with Gasteiger partial charge in [0.25, 0.3) is 0 Å². The van der Waals surface area contributed by atoms with Gasteiger partial charge in [0.1, 0.15) is 0 Å². The fourth-order valence-corrected chi connectivity index (χ4v) is 4.25. The maximum atomic E-state index is 9.63. The molecule has 156 valence electrons. The van der Waals surface area contributed by atoms with E-state index in [9.17, 15) is 5.11 Å². The molecule has 0 bridgehead atoms. The Morgan fingerprint density at radius 1 is 1.15 bits per heavy atom. The van der Waals surface area contributed by atoms with Crippen molar-refractivity contribution in [3.05, 3.63) is 33.8 Å². The average molecular weight is 459 g/mol. The molecule has 0 aromatic heterocycles. The van der Waals surface area contributed by atoms with Crippen LogP contribution >= 0.6 is 48.0 Å². The summed E-state index contributed by atoms with van der Waals surface area (Å²) >= 11 is 12.2. The van der Waals surface area contributed by atoms with Gasteiger partial charge in [0.15, 0.2) is 0 Å². The lowest BCUT2D eigenvalue weighted by molar-refractivity contribution is -0.00520. The first-order valence-electron chi connectivity index (χ1n) is 9.31. The zero-order valence-corrected chi connectivity index (χ0v) is 18.9. The molecule has 0 aliphatic carbocycles. The van der Waals surface area contributed by atoms with E-state index in [1.54, 1.807) is 0 Å². The number of piperidine rings is 1. The van der Waals surface area contributed by atoms with Crippen molar-refractivity contribution >= 4 is 48.0 Å². The van der Waals surface area contributed by atoms with Gasteiger partial charge in [-0.3, -0.25) is 4.90 Å². The van der Waals surface area contributed by atoms with Crippen LogP contribution in [0.5, 0.6) is 0 Å². The number of aliphatic hydroxyl groups is 1. The van der Waals surface area contributed by atoms with Gasteiger partial charge >= 0.3 is 0 Å². The largest absolute Gasteiger partial charge is 0.393 e. The van der Waals surface area contributed by atoms with Crippen molar-refractivity contribution in [3.8, 4) is 0 Å². The summed E-state index contributed by atoms with van der Waals surface area (Å²) in [6.45, 7) is 6.46. The number of hydrogen-bond donors (Lipinski definition) is 2. The molecule has 2 aliphatic heterocycles. The van der Waals surface area contributed by atoms with Crippen LogP contribution in [-0.4, -0.2) is 73.4 Å². The fourth-order valence-electron chi connectivity index (χ4n) is 3.94. The molecule has 8 heteroatoms. The van der Waals surface area contributed by atoms with Crippen molar-refractivity contribution in [2.24, 2.45) is 0 Å². The third-order valence-electron chi connectivity index (χ3n) is 5.61. The van der Waals surface area contributed by atoms with Crippen molar-refractivity contribution in [1.29, 1.82) is 0 Å². The number of hydrogen-bond acceptors (Lipinski definition) is 4. The minimum Gasteiger partial charge on any atom is -0.393 e. The standard InChI is InChI=1S/C19H29Cl2N3O.2ClH/c1-22-11-15(14-2-3-18(20)19(21)10-14)4-7-23-12-16(13-23)24-8-5-17(25)6-9-24;;/h2-3,10,15-17,22,25H,4-9,11-13H2,1H3;2*1H/t15-;;/m1../s1. The van der Waals surface area contributed by atoms with Crippen molar-refractivity contribution in [2.45, 2.75) is 37.3 Å². The Kier molecular flexibility index (Phi) is 11.3. The summed E-state index contributed by atoms with van der Waals surface area (Å²) in [5, 5.41) is 14.2. The average Bonchev–Trinajstić information content (AvgIpc) is 2.56. The Hall–Kier alpha value is 0.220. The van der Waals surface area contributed by atoms with E-state index in [1.165, 1.54) is 5.56 Å². The molecule has 1 atom stereocenters. The second kappa shape index (κ2) is 12.0. The van der Waals surface area contributed by atoms with Crippen LogP contribution in [-0.2, 0) is 0 Å². The highest BCUT2D eigenvalue weighted by atomic mass is 35.5. The number of nitrogens with zero attached hydrogens (tertiary/aromatic N) is 2. The number of nitrogens with one attached hydrogen (secondary N) is 1. The summed E-state index contributed by atoms with van der Waals surface area (Å²) in [7, 11) is 2.00. The lowest BCUT2D eigenvalue weighted by Crippen LogP contribution is -2.61. The van der Waals surface area contributed by atoms with Crippen LogP contribution in [0.3, 0.4) is 0 Å². The molecule has 0 saturated carbocycles. The first kappa shape index (κ1) is 25.3. The molecule has 4 nitrogen and oxygen atoms in total. The van der Waals surface area contributed by atoms with E-state index < -0.39 is 0 Å². The lowest BCUT2D eigenvalue weighted by atomic mass is 9.94. The third kappa shape index (κ3) is 6.90. The Balaban J connectivity index is 0.00000182. The zero-order valence-electron chi connectivity index (χ0n) is 15.7. The fraction of sp³-hybridized carbons (Fsp3) is 0.684. The quantitative estimate of drug-likeness (QED) is 0.653. The number of likely N-dealkylation sites (N-methyl/N-ethyl adjacent to an activating group) is 1. The molecular formula is C19H31Cl4N3O. The molecule has 3 rings (SSSR count). The van der Waals surface area contributed by atoms with Crippen molar-refractivity contribution in [2.75, 3.05) is 46.3 Å². The van der Waals surface area contributed by atoms with Crippen LogP contribution in [0.1, 0.15) is 30.7 Å². The molecule has 0 amide bonds. The Morgan fingerprint density at radius 2 is 1.81 bits per heavy atom. The minimum absolute atomic E-state index is 0. The van der Waals surface area contributed by atoms with Crippen LogP contribution in [0.25, 0.3) is 0 Å². The minimum atomic E-state index is -0.0825. The van der Waals surface area contributed by atoms with E-state index in [0.717, 1.165) is 58.5 Å². The van der Waals surface area contributed by atoms with Gasteiger partial charge in [0, 0.05) is 38.8 Å². The first-order chi connectivity index (χ1) is 12.1. The molecule has 2 heterocycles. The zero-order chi connectivity index (χ0) is 17.8. The molecule has 2 N–H and O–H groups in total. The van der Waals surface area contributed by atoms with E-state index in [4.69, 9.17) is 23.2 Å². The van der Waals surface area contributed by atoms with Gasteiger partial charge in [-0.05, 0) is 56.5 Å². The van der Waals surface area contributed by atoms with Gasteiger partial charge in [0.05, 0.1) is 16.1 Å². The van der Waals surface area contributed by atoms with Crippen LogP contribution < -0.4 is 5.32 Å². The SMILES string of the molecule is CNC[C@@H](CCN1CC(N2CCC(O)CC2)C1)c1ccc(Cl)c(Cl)c1.Cl.Cl. The van der Waals surface area contributed by atoms with Gasteiger partial charge in [-0.15, -0.1) is 24.8 Å². The van der Waals surface area contributed by atoms with Crippen LogP contribution in [0.15, 0.2) is 18.2 Å². The highest BCUT2D eigenvalue weighted by Crippen LogP contribution is 2.29. The highest BCUT2D eigenvalue weighted by molar-refractivity contribution is 6.42. The normalized spacial score (nSPS) is 20.4. The van der Waals surface area contributed by atoms with Gasteiger partial charge in [-0.2, -0.15) is 0 Å². The molecule has 2 aliphatic rings. The molecule has 0 unspecified atom stereocenters. The Bertz CT molecular complexity index is 564. The monoisotopic (exact) mass is 457 g/mol. The molecule has 0 spiro atoms. The molecule has 2 saturated heterocycles. The molecule has 27 heavy (non-hydrogen) atoms. The number of likely N-dealkylation sites (tertiary alicyclic amines) is 2. The molecule has 1 aromatic rings. The highest BCUT2D eigenvalue weighted by Gasteiger charge is 2.33. The molecule has 1 aromatic carbocycles. The van der Waals surface area contributed by atoms with Crippen molar-refractivity contribution in [1.82, 2.24) is 15.1 Å². The van der Waals surface area contributed by atoms with Gasteiger partial charge in [-0.25, -0.2) is 0 Å². The third-order valence-corrected chi connectivity index (χ3v) is 6.35. The molecular weight excluding hydrogens is 428 g/mol. The first-order valence-corrected chi connectivity index (χ1v) is 10.1. The smallest absolute Gasteiger partial charge is 0.0595 e. The second-order valence-corrected chi connectivity index (χ2v) is 8.21. The molecule has 2 fully saturated rings.